The van der Waals surface area contributed by atoms with Crippen LogP contribution >= 0.6 is 0 Å². The van der Waals surface area contributed by atoms with Crippen molar-refractivity contribution in [3.05, 3.63) is 116 Å². The van der Waals surface area contributed by atoms with Gasteiger partial charge in [0.2, 0.25) is 0 Å². The van der Waals surface area contributed by atoms with Gasteiger partial charge < -0.3 is 40.0 Å². The minimum Gasteiger partial charge on any atom is -0.392 e. The number of pyridine rings is 1. The molecule has 0 aliphatic carbocycles. The Kier molecular flexibility index (Phi) is 13.8. The lowest BCUT2D eigenvalue weighted by Crippen LogP contribution is -2.48. The standard InChI is InChI=1S/C47H52N6O10/c1-5-52(33-15-19-61-20-16-33)39-25-32(24-35(29(39)4)43(56)50-26-36-27(2)23-28(3)51-44(36)57)30-9-11-31(12-10-30)42(55)49-18-22-62-21-17-48-37-8-6-7-34-41(37)46(59)53(45(34)58)38-13-14-40(54)63-47(38)60/h6-12,23-25,33,38,48H,5,13-22,26H2,1-4H3,(H,49,55)(H,50,56)(H,51,57). The Morgan fingerprint density at radius 2 is 1.60 bits per heavy atom. The van der Waals surface area contributed by atoms with Gasteiger partial charge in [-0.15, -0.1) is 0 Å². The second kappa shape index (κ2) is 19.6. The van der Waals surface area contributed by atoms with Gasteiger partial charge in [-0.05, 0) is 112 Å². The van der Waals surface area contributed by atoms with E-state index in [4.69, 9.17) is 9.47 Å². The number of H-pyrrole nitrogens is 1. The summed E-state index contributed by atoms with van der Waals surface area (Å²) in [5, 5.41) is 8.97. The minimum absolute atomic E-state index is 0.00920. The van der Waals surface area contributed by atoms with E-state index in [1.807, 2.05) is 45.0 Å². The van der Waals surface area contributed by atoms with Crippen LogP contribution in [-0.4, -0.2) is 104 Å². The molecule has 0 bridgehead atoms. The van der Waals surface area contributed by atoms with Crippen LogP contribution in [0.1, 0.15) is 96.4 Å². The minimum atomic E-state index is -1.16. The lowest BCUT2D eigenvalue weighted by Gasteiger charge is -2.37. The molecule has 63 heavy (non-hydrogen) atoms. The molecule has 7 rings (SSSR count). The first-order valence-electron chi connectivity index (χ1n) is 21.3. The molecule has 4 heterocycles. The smallest absolute Gasteiger partial charge is 0.337 e. The number of fused-ring (bicyclic) bond motifs is 1. The maximum absolute atomic E-state index is 13.9. The number of anilines is 2. The first-order valence-corrected chi connectivity index (χ1v) is 21.3. The molecule has 4 amide bonds. The number of hydrogen-bond donors (Lipinski definition) is 4. The molecule has 0 saturated carbocycles. The Morgan fingerprint density at radius 1 is 0.857 bits per heavy atom. The SMILES string of the molecule is CCN(c1cc(-c2ccc(C(=O)NCCOCCNc3cccc4c3C(=O)N(C3CCC(=O)OC3=O)C4=O)cc2)cc(C(=O)NCc2c(C)cc(C)[nH]c2=O)c1C)C1CCOCC1. The number of esters is 2. The van der Waals surface area contributed by atoms with Crippen molar-refractivity contribution >= 4 is 46.9 Å². The number of ether oxygens (including phenoxy) is 3. The highest BCUT2D eigenvalue weighted by Gasteiger charge is 2.46. The van der Waals surface area contributed by atoms with Gasteiger partial charge in [0.15, 0.2) is 0 Å². The third-order valence-corrected chi connectivity index (χ3v) is 11.8. The third kappa shape index (κ3) is 9.71. The number of imide groups is 1. The number of nitrogens with one attached hydrogen (secondary N) is 4. The molecule has 0 radical (unpaired) electrons. The molecule has 3 aromatic carbocycles. The summed E-state index contributed by atoms with van der Waals surface area (Å²) in [6.45, 7) is 10.8. The molecule has 4 aromatic rings. The number of benzene rings is 3. The first-order chi connectivity index (χ1) is 30.4. The number of carbonyl (C=O) groups excluding carboxylic acids is 6. The summed E-state index contributed by atoms with van der Waals surface area (Å²) in [5.41, 5.74) is 6.88. The van der Waals surface area contributed by atoms with Crippen molar-refractivity contribution < 1.29 is 43.0 Å². The van der Waals surface area contributed by atoms with Gasteiger partial charge in [-0.25, -0.2) is 4.79 Å². The zero-order chi connectivity index (χ0) is 44.8. The highest BCUT2D eigenvalue weighted by atomic mass is 16.6. The number of aryl methyl sites for hydroxylation is 2. The molecule has 3 aliphatic heterocycles. The predicted octanol–water partition coefficient (Wildman–Crippen LogP) is 4.59. The van der Waals surface area contributed by atoms with Crippen molar-refractivity contribution in [3.63, 3.8) is 0 Å². The van der Waals surface area contributed by atoms with Crippen LogP contribution in [0.3, 0.4) is 0 Å². The number of carbonyl (C=O) groups is 6. The lowest BCUT2D eigenvalue weighted by atomic mass is 9.94. The summed E-state index contributed by atoms with van der Waals surface area (Å²) in [4.78, 5) is 96.0. The molecule has 4 N–H and O–H groups in total. The van der Waals surface area contributed by atoms with E-state index in [0.717, 1.165) is 57.9 Å². The van der Waals surface area contributed by atoms with E-state index < -0.39 is 29.8 Å². The van der Waals surface area contributed by atoms with E-state index in [2.05, 4.69) is 43.6 Å². The van der Waals surface area contributed by atoms with Crippen molar-refractivity contribution in [1.82, 2.24) is 20.5 Å². The van der Waals surface area contributed by atoms with Crippen LogP contribution in [0.5, 0.6) is 0 Å². The molecule has 2 saturated heterocycles. The zero-order valence-corrected chi connectivity index (χ0v) is 35.9. The molecule has 330 valence electrons. The van der Waals surface area contributed by atoms with Gasteiger partial charge in [0.25, 0.3) is 29.2 Å². The van der Waals surface area contributed by atoms with E-state index in [1.165, 1.54) is 6.07 Å². The third-order valence-electron chi connectivity index (χ3n) is 11.8. The average Bonchev–Trinajstić information content (AvgIpc) is 3.52. The topological polar surface area (TPSA) is 206 Å². The fourth-order valence-electron chi connectivity index (χ4n) is 8.47. The van der Waals surface area contributed by atoms with Gasteiger partial charge in [0.05, 0.1) is 24.3 Å². The van der Waals surface area contributed by atoms with Crippen LogP contribution in [0.4, 0.5) is 11.4 Å². The van der Waals surface area contributed by atoms with Gasteiger partial charge in [0, 0.05) is 85.6 Å². The number of hydrogen-bond acceptors (Lipinski definition) is 12. The Hall–Kier alpha value is -6.65. The number of nitrogens with zero attached hydrogens (tertiary/aromatic N) is 2. The summed E-state index contributed by atoms with van der Waals surface area (Å²) in [6, 6.07) is 16.9. The normalized spacial score (nSPS) is 16.4. The second-order valence-corrected chi connectivity index (χ2v) is 15.9. The second-order valence-electron chi connectivity index (χ2n) is 15.9. The highest BCUT2D eigenvalue weighted by molar-refractivity contribution is 6.25. The zero-order valence-electron chi connectivity index (χ0n) is 35.9. The van der Waals surface area contributed by atoms with E-state index in [-0.39, 0.29) is 80.2 Å². The van der Waals surface area contributed by atoms with Crippen LogP contribution in [0, 0.1) is 20.8 Å². The van der Waals surface area contributed by atoms with Gasteiger partial charge in [-0.2, -0.15) is 0 Å². The summed E-state index contributed by atoms with van der Waals surface area (Å²) < 4.78 is 16.0. The van der Waals surface area contributed by atoms with Crippen molar-refractivity contribution in [3.8, 4) is 11.1 Å². The van der Waals surface area contributed by atoms with E-state index >= 15 is 0 Å². The van der Waals surface area contributed by atoms with Crippen molar-refractivity contribution in [2.45, 2.75) is 72.0 Å². The van der Waals surface area contributed by atoms with Crippen molar-refractivity contribution in [1.29, 1.82) is 0 Å². The van der Waals surface area contributed by atoms with Crippen LogP contribution in [0.2, 0.25) is 0 Å². The largest absolute Gasteiger partial charge is 0.392 e. The van der Waals surface area contributed by atoms with Crippen LogP contribution in [0.15, 0.2) is 65.5 Å². The van der Waals surface area contributed by atoms with Gasteiger partial charge >= 0.3 is 11.9 Å². The summed E-state index contributed by atoms with van der Waals surface area (Å²) in [5.74, 6) is -3.45. The molecule has 16 heteroatoms. The van der Waals surface area contributed by atoms with E-state index in [1.54, 1.807) is 24.3 Å². The molecule has 2 fully saturated rings. The maximum Gasteiger partial charge on any atom is 0.337 e. The first kappa shape index (κ1) is 44.4. The number of rotatable bonds is 16. The van der Waals surface area contributed by atoms with Crippen LogP contribution < -0.4 is 26.4 Å². The molecule has 1 atom stereocenters. The molecule has 3 aliphatic rings. The van der Waals surface area contributed by atoms with Crippen molar-refractivity contribution in [2.75, 3.05) is 56.3 Å². The van der Waals surface area contributed by atoms with Gasteiger partial charge in [-0.1, -0.05) is 18.2 Å². The number of aromatic amines is 1. The Bertz CT molecular complexity index is 2490. The number of amides is 4. The molecule has 1 unspecified atom stereocenters. The fraction of sp³-hybridized carbons (Fsp3) is 0.383. The Morgan fingerprint density at radius 3 is 2.32 bits per heavy atom. The monoisotopic (exact) mass is 860 g/mol. The highest BCUT2D eigenvalue weighted by Crippen LogP contribution is 2.35. The fourth-order valence-corrected chi connectivity index (χ4v) is 8.47. The maximum atomic E-state index is 13.9. The van der Waals surface area contributed by atoms with Crippen LogP contribution in [-0.2, 0) is 30.3 Å². The summed E-state index contributed by atoms with van der Waals surface area (Å²) >= 11 is 0. The molecular weight excluding hydrogens is 809 g/mol. The molecule has 0 spiro atoms. The quantitative estimate of drug-likeness (QED) is 0.0529. The average molecular weight is 861 g/mol. The molecular formula is C47H52N6O10. The summed E-state index contributed by atoms with van der Waals surface area (Å²) in [6.07, 6.45) is 1.67. The Balaban J connectivity index is 0.954. The Labute approximate surface area is 364 Å². The lowest BCUT2D eigenvalue weighted by molar-refractivity contribution is -0.167. The van der Waals surface area contributed by atoms with Crippen molar-refractivity contribution in [2.24, 2.45) is 0 Å². The number of cyclic esters (lactones) is 2. The summed E-state index contributed by atoms with van der Waals surface area (Å²) in [7, 11) is 0. The molecule has 1 aromatic heterocycles. The predicted molar refractivity (Wildman–Crippen MR) is 234 cm³/mol. The van der Waals surface area contributed by atoms with E-state index in [9.17, 15) is 33.6 Å². The number of aromatic nitrogens is 1. The molecule has 16 nitrogen and oxygen atoms in total. The van der Waals surface area contributed by atoms with Gasteiger partial charge in [0.1, 0.15) is 6.04 Å². The van der Waals surface area contributed by atoms with Crippen LogP contribution in [0.25, 0.3) is 11.1 Å². The van der Waals surface area contributed by atoms with Gasteiger partial charge in [-0.3, -0.25) is 33.7 Å². The van der Waals surface area contributed by atoms with E-state index in [0.29, 0.717) is 35.6 Å².